The summed E-state index contributed by atoms with van der Waals surface area (Å²) in [6.45, 7) is 0. The lowest BCUT2D eigenvalue weighted by atomic mass is 9.98. The molecule has 0 heterocycles. The van der Waals surface area contributed by atoms with Gasteiger partial charge in [-0.3, -0.25) is 4.79 Å². The van der Waals surface area contributed by atoms with Crippen LogP contribution in [0, 0.1) is 0 Å². The quantitative estimate of drug-likeness (QED) is 0.643. The number of hydrogen-bond donors (Lipinski definition) is 2. The van der Waals surface area contributed by atoms with Crippen molar-refractivity contribution in [2.45, 2.75) is 6.42 Å². The van der Waals surface area contributed by atoms with Crippen molar-refractivity contribution >= 4 is 23.4 Å². The molecule has 2 N–H and O–H groups in total. The molecule has 0 unspecified atom stereocenters. The Labute approximate surface area is 106 Å². The van der Waals surface area contributed by atoms with E-state index in [2.05, 4.69) is 12.6 Å². The number of hydrogen-bond acceptors (Lipinski definition) is 2. The van der Waals surface area contributed by atoms with Crippen molar-refractivity contribution in [1.29, 1.82) is 0 Å². The Bertz CT molecular complexity index is 537. The van der Waals surface area contributed by atoms with Gasteiger partial charge in [0.2, 0.25) is 5.12 Å². The minimum absolute atomic E-state index is 0.247. The van der Waals surface area contributed by atoms with Crippen LogP contribution < -0.4 is 5.73 Å². The molecule has 0 aliphatic carbocycles. The van der Waals surface area contributed by atoms with Crippen molar-refractivity contribution in [2.75, 3.05) is 5.73 Å². The van der Waals surface area contributed by atoms with E-state index in [0.29, 0.717) is 17.7 Å². The zero-order chi connectivity index (χ0) is 12.3. The summed E-state index contributed by atoms with van der Waals surface area (Å²) in [5, 5.41) is -0.247. The van der Waals surface area contributed by atoms with Gasteiger partial charge in [0.05, 0.1) is 0 Å². The van der Waals surface area contributed by atoms with Crippen LogP contribution in [0.3, 0.4) is 0 Å². The Morgan fingerprint density at radius 3 is 2.41 bits per heavy atom. The van der Waals surface area contributed by atoms with Crippen molar-refractivity contribution in [3.05, 3.63) is 65.2 Å². The highest BCUT2D eigenvalue weighted by atomic mass is 32.1. The molecule has 2 nitrogen and oxygen atoms in total. The Hall–Kier alpha value is -1.74. The maximum atomic E-state index is 11.4. The minimum Gasteiger partial charge on any atom is -0.398 e. The fourth-order valence-electron chi connectivity index (χ4n) is 1.80. The molecule has 0 saturated heterocycles. The third-order valence-corrected chi connectivity index (χ3v) is 2.91. The summed E-state index contributed by atoms with van der Waals surface area (Å²) in [6, 6.07) is 15.3. The van der Waals surface area contributed by atoms with Gasteiger partial charge in [0, 0.05) is 17.7 Å². The zero-order valence-electron chi connectivity index (χ0n) is 9.26. The van der Waals surface area contributed by atoms with Crippen molar-refractivity contribution in [1.82, 2.24) is 0 Å². The molecule has 0 fully saturated rings. The highest BCUT2D eigenvalue weighted by Crippen LogP contribution is 2.22. The number of anilines is 1. The zero-order valence-corrected chi connectivity index (χ0v) is 10.2. The van der Waals surface area contributed by atoms with Gasteiger partial charge in [0.15, 0.2) is 0 Å². The van der Waals surface area contributed by atoms with Gasteiger partial charge in [-0.1, -0.05) is 42.5 Å². The molecule has 0 saturated carbocycles. The third kappa shape index (κ3) is 2.68. The second kappa shape index (κ2) is 5.06. The molecule has 0 aliphatic heterocycles. The number of carbonyl (C=O) groups excluding carboxylic acids is 1. The van der Waals surface area contributed by atoms with Crippen LogP contribution in [0.1, 0.15) is 21.5 Å². The van der Waals surface area contributed by atoms with Crippen LogP contribution in [0.2, 0.25) is 0 Å². The number of nitrogen functional groups attached to an aromatic ring is 1. The molecule has 0 aliphatic rings. The first-order chi connectivity index (χ1) is 8.18. The molecule has 2 rings (SSSR count). The van der Waals surface area contributed by atoms with E-state index in [-0.39, 0.29) is 5.12 Å². The average molecular weight is 243 g/mol. The smallest absolute Gasteiger partial charge is 0.216 e. The first kappa shape index (κ1) is 11.7. The summed E-state index contributed by atoms with van der Waals surface area (Å²) >= 11 is 3.88. The topological polar surface area (TPSA) is 43.1 Å². The van der Waals surface area contributed by atoms with Gasteiger partial charge >= 0.3 is 0 Å². The van der Waals surface area contributed by atoms with E-state index in [1.165, 1.54) is 0 Å². The molecule has 86 valence electrons. The normalized spacial score (nSPS) is 10.2. The minimum atomic E-state index is -0.247. The Morgan fingerprint density at radius 1 is 1.06 bits per heavy atom. The van der Waals surface area contributed by atoms with Crippen molar-refractivity contribution in [3.8, 4) is 0 Å². The summed E-state index contributed by atoms with van der Waals surface area (Å²) in [6.07, 6.45) is 0.648. The van der Waals surface area contributed by atoms with Gasteiger partial charge in [-0.2, -0.15) is 0 Å². The van der Waals surface area contributed by atoms with Crippen LogP contribution in [0.4, 0.5) is 5.69 Å². The van der Waals surface area contributed by atoms with Gasteiger partial charge in [-0.15, -0.1) is 12.6 Å². The van der Waals surface area contributed by atoms with Crippen LogP contribution in [0.25, 0.3) is 0 Å². The molecular formula is C14H13NOS. The van der Waals surface area contributed by atoms with Gasteiger partial charge in [-0.25, -0.2) is 0 Å². The number of nitrogens with two attached hydrogens (primary N) is 1. The Morgan fingerprint density at radius 2 is 1.76 bits per heavy atom. The lowest BCUT2D eigenvalue weighted by Crippen LogP contribution is -2.03. The molecule has 0 aromatic heterocycles. The lowest BCUT2D eigenvalue weighted by molar-refractivity contribution is 0.109. The summed E-state index contributed by atoms with van der Waals surface area (Å²) in [5.74, 6) is 0. The molecule has 2 aromatic carbocycles. The van der Waals surface area contributed by atoms with E-state index in [1.54, 1.807) is 18.2 Å². The highest BCUT2D eigenvalue weighted by molar-refractivity contribution is 7.97. The fourth-order valence-corrected chi connectivity index (χ4v) is 2.01. The van der Waals surface area contributed by atoms with Crippen molar-refractivity contribution in [2.24, 2.45) is 0 Å². The summed E-state index contributed by atoms with van der Waals surface area (Å²) in [7, 11) is 0. The third-order valence-electron chi connectivity index (χ3n) is 2.67. The number of rotatable bonds is 3. The largest absolute Gasteiger partial charge is 0.398 e. The van der Waals surface area contributed by atoms with Crippen LogP contribution in [0.5, 0.6) is 0 Å². The molecule has 0 amide bonds. The number of benzene rings is 2. The fraction of sp³-hybridized carbons (Fsp3) is 0.0714. The van der Waals surface area contributed by atoms with Gasteiger partial charge in [0.25, 0.3) is 0 Å². The van der Waals surface area contributed by atoms with Gasteiger partial charge in [-0.05, 0) is 17.2 Å². The van der Waals surface area contributed by atoms with E-state index in [0.717, 1.165) is 11.1 Å². The molecule has 0 spiro atoms. The Kier molecular flexibility index (Phi) is 3.49. The van der Waals surface area contributed by atoms with Crippen molar-refractivity contribution < 1.29 is 4.79 Å². The SMILES string of the molecule is Nc1cccc(C(=O)S)c1Cc1ccccc1. The van der Waals surface area contributed by atoms with Gasteiger partial charge in [0.1, 0.15) is 0 Å². The first-order valence-corrected chi connectivity index (χ1v) is 5.78. The maximum absolute atomic E-state index is 11.4. The predicted octanol–water partition coefficient (Wildman–Crippen LogP) is 2.93. The van der Waals surface area contributed by atoms with Crippen LogP contribution >= 0.6 is 12.6 Å². The molecule has 2 aromatic rings. The summed E-state index contributed by atoms with van der Waals surface area (Å²) in [5.41, 5.74) is 9.11. The number of thiol groups is 1. The number of carbonyl (C=O) groups is 1. The molecule has 17 heavy (non-hydrogen) atoms. The Balaban J connectivity index is 2.41. The van der Waals surface area contributed by atoms with Crippen molar-refractivity contribution in [3.63, 3.8) is 0 Å². The first-order valence-electron chi connectivity index (χ1n) is 5.33. The summed E-state index contributed by atoms with van der Waals surface area (Å²) < 4.78 is 0. The van der Waals surface area contributed by atoms with E-state index in [4.69, 9.17) is 5.73 Å². The monoisotopic (exact) mass is 243 g/mol. The maximum Gasteiger partial charge on any atom is 0.216 e. The van der Waals surface area contributed by atoms with Crippen LogP contribution in [0.15, 0.2) is 48.5 Å². The van der Waals surface area contributed by atoms with E-state index in [9.17, 15) is 4.79 Å². The molecule has 0 bridgehead atoms. The van der Waals surface area contributed by atoms with Crippen LogP contribution in [-0.4, -0.2) is 5.12 Å². The standard InChI is InChI=1S/C14H13NOS/c15-13-8-4-7-11(14(16)17)12(13)9-10-5-2-1-3-6-10/h1-8H,9,15H2,(H,16,17). The van der Waals surface area contributed by atoms with E-state index in [1.807, 2.05) is 30.3 Å². The van der Waals surface area contributed by atoms with Crippen LogP contribution in [-0.2, 0) is 6.42 Å². The molecule has 0 radical (unpaired) electrons. The average Bonchev–Trinajstić information content (AvgIpc) is 2.33. The molecule has 3 heteroatoms. The second-order valence-electron chi connectivity index (χ2n) is 3.84. The summed E-state index contributed by atoms with van der Waals surface area (Å²) in [4.78, 5) is 11.4. The lowest BCUT2D eigenvalue weighted by Gasteiger charge is -2.09. The highest BCUT2D eigenvalue weighted by Gasteiger charge is 2.10. The van der Waals surface area contributed by atoms with Gasteiger partial charge < -0.3 is 5.73 Å². The second-order valence-corrected chi connectivity index (χ2v) is 4.25. The predicted molar refractivity (Wildman–Crippen MR) is 73.4 cm³/mol. The van der Waals surface area contributed by atoms with E-state index >= 15 is 0 Å². The molecule has 0 atom stereocenters. The molecular weight excluding hydrogens is 230 g/mol. The van der Waals surface area contributed by atoms with E-state index < -0.39 is 0 Å².